The number of benzene rings is 3. The Kier molecular flexibility index (Phi) is 8.62. The maximum atomic E-state index is 12.6. The van der Waals surface area contributed by atoms with Gasteiger partial charge in [-0.15, -0.1) is 18.3 Å². The zero-order valence-corrected chi connectivity index (χ0v) is 23.6. The fraction of sp³-hybridized carbons (Fsp3) is 0.200. The van der Waals surface area contributed by atoms with Gasteiger partial charge in [-0.1, -0.05) is 68.1 Å². The largest absolute Gasteiger partial charge is 0.573 e. The molecular formula is C30H27F3N6O2S. The SMILES string of the molecule is CC(C)c1ccccc1N1CCS/C1=N\C(=O)N/C=C/c1ccc(-c2ncn(-c3ccc(OC(F)(F)F)cc3)n2)cc1. The smallest absolute Gasteiger partial charge is 0.406 e. The van der Waals surface area contributed by atoms with E-state index in [1.165, 1.54) is 40.8 Å². The lowest BCUT2D eigenvalue weighted by Gasteiger charge is -2.22. The highest BCUT2D eigenvalue weighted by Gasteiger charge is 2.31. The third kappa shape index (κ3) is 7.19. The molecule has 1 saturated heterocycles. The normalized spacial score (nSPS) is 14.7. The minimum absolute atomic E-state index is 0.314. The van der Waals surface area contributed by atoms with Crippen molar-refractivity contribution in [2.24, 2.45) is 4.99 Å². The molecule has 1 N–H and O–H groups in total. The topological polar surface area (TPSA) is 84.6 Å². The number of aromatic nitrogens is 3. The van der Waals surface area contributed by atoms with E-state index in [4.69, 9.17) is 0 Å². The Morgan fingerprint density at radius 3 is 2.52 bits per heavy atom. The van der Waals surface area contributed by atoms with Crippen LogP contribution in [0.5, 0.6) is 5.75 Å². The zero-order valence-electron chi connectivity index (χ0n) is 22.7. The molecular weight excluding hydrogens is 565 g/mol. The first-order valence-electron chi connectivity index (χ1n) is 13.1. The summed E-state index contributed by atoms with van der Waals surface area (Å²) in [7, 11) is 0. The number of anilines is 1. The average molecular weight is 593 g/mol. The summed E-state index contributed by atoms with van der Waals surface area (Å²) in [5.41, 5.74) is 4.41. The Labute approximate surface area is 244 Å². The monoisotopic (exact) mass is 592 g/mol. The minimum atomic E-state index is -4.75. The van der Waals surface area contributed by atoms with Crippen molar-refractivity contribution in [3.05, 3.63) is 96.5 Å². The van der Waals surface area contributed by atoms with E-state index < -0.39 is 12.4 Å². The van der Waals surface area contributed by atoms with E-state index in [2.05, 4.69) is 56.0 Å². The molecule has 1 aliphatic heterocycles. The summed E-state index contributed by atoms with van der Waals surface area (Å²) < 4.78 is 42.5. The van der Waals surface area contributed by atoms with Crippen LogP contribution in [0.4, 0.5) is 23.7 Å². The molecule has 0 atom stereocenters. The van der Waals surface area contributed by atoms with E-state index >= 15 is 0 Å². The number of carbonyl (C=O) groups excluding carboxylic acids is 1. The Bertz CT molecular complexity index is 1600. The highest BCUT2D eigenvalue weighted by molar-refractivity contribution is 8.14. The lowest BCUT2D eigenvalue weighted by Crippen LogP contribution is -2.27. The Balaban J connectivity index is 1.19. The Hall–Kier alpha value is -4.58. The van der Waals surface area contributed by atoms with Gasteiger partial charge in [-0.25, -0.2) is 14.5 Å². The van der Waals surface area contributed by atoms with Gasteiger partial charge in [0.05, 0.1) is 5.69 Å². The zero-order chi connectivity index (χ0) is 29.7. The van der Waals surface area contributed by atoms with Gasteiger partial charge in [0.25, 0.3) is 0 Å². The molecule has 0 spiro atoms. The van der Waals surface area contributed by atoms with E-state index in [1.54, 1.807) is 24.0 Å². The second-order valence-corrected chi connectivity index (χ2v) is 10.6. The maximum absolute atomic E-state index is 12.6. The first kappa shape index (κ1) is 28.9. The van der Waals surface area contributed by atoms with E-state index in [1.807, 2.05) is 36.4 Å². The third-order valence-corrected chi connectivity index (χ3v) is 7.26. The summed E-state index contributed by atoms with van der Waals surface area (Å²) in [5.74, 6) is 1.34. The van der Waals surface area contributed by atoms with Crippen molar-refractivity contribution in [3.8, 4) is 22.8 Å². The molecule has 12 heteroatoms. The van der Waals surface area contributed by atoms with Gasteiger partial charge in [0, 0.05) is 29.7 Å². The van der Waals surface area contributed by atoms with Crippen molar-refractivity contribution < 1.29 is 22.7 Å². The predicted octanol–water partition coefficient (Wildman–Crippen LogP) is 7.25. The maximum Gasteiger partial charge on any atom is 0.573 e. The first-order valence-corrected chi connectivity index (χ1v) is 14.1. The van der Waals surface area contributed by atoms with Crippen molar-refractivity contribution in [2.75, 3.05) is 17.2 Å². The summed E-state index contributed by atoms with van der Waals surface area (Å²) >= 11 is 1.56. The lowest BCUT2D eigenvalue weighted by atomic mass is 10.0. The van der Waals surface area contributed by atoms with Gasteiger partial charge in [-0.3, -0.25) is 0 Å². The number of hydrogen-bond acceptors (Lipinski definition) is 5. The fourth-order valence-electron chi connectivity index (χ4n) is 4.33. The van der Waals surface area contributed by atoms with Gasteiger partial charge in [0.15, 0.2) is 11.0 Å². The summed E-state index contributed by atoms with van der Waals surface area (Å²) in [6, 6.07) is 20.5. The highest BCUT2D eigenvalue weighted by Crippen LogP contribution is 2.32. The van der Waals surface area contributed by atoms with Crippen molar-refractivity contribution >= 4 is 34.7 Å². The van der Waals surface area contributed by atoms with E-state index in [9.17, 15) is 18.0 Å². The van der Waals surface area contributed by atoms with Crippen LogP contribution in [0.1, 0.15) is 30.9 Å². The van der Waals surface area contributed by atoms with Gasteiger partial charge in [-0.05, 0) is 53.5 Å². The van der Waals surface area contributed by atoms with Crippen LogP contribution in [-0.4, -0.2) is 44.6 Å². The van der Waals surface area contributed by atoms with Gasteiger partial charge >= 0.3 is 12.4 Å². The number of aliphatic imine (C=N–C) groups is 1. The molecule has 216 valence electrons. The van der Waals surface area contributed by atoms with Crippen LogP contribution in [0.2, 0.25) is 0 Å². The quantitative estimate of drug-likeness (QED) is 0.243. The van der Waals surface area contributed by atoms with Gasteiger partial charge in [0.1, 0.15) is 12.1 Å². The van der Waals surface area contributed by atoms with Crippen LogP contribution in [0, 0.1) is 0 Å². The van der Waals surface area contributed by atoms with Crippen LogP contribution >= 0.6 is 11.8 Å². The highest BCUT2D eigenvalue weighted by atomic mass is 32.2. The number of para-hydroxylation sites is 1. The standard InChI is InChI=1S/C30H27F3N6O2S/c1-20(2)25-5-3-4-6-26(25)38-17-18-42-29(38)36-28(40)34-16-15-21-7-9-22(10-8-21)27-35-19-39(37-27)23-11-13-24(14-12-23)41-30(31,32)33/h3-16,19-20H,17-18H2,1-2H3,(H,34,40)/b16-15+,36-29-. The molecule has 1 aliphatic rings. The average Bonchev–Trinajstić information content (AvgIpc) is 3.63. The molecule has 0 unspecified atom stereocenters. The number of halogens is 3. The van der Waals surface area contributed by atoms with Crippen molar-refractivity contribution in [3.63, 3.8) is 0 Å². The number of ether oxygens (including phenoxy) is 1. The number of carbonyl (C=O) groups is 1. The van der Waals surface area contributed by atoms with Crippen LogP contribution in [-0.2, 0) is 0 Å². The molecule has 1 fully saturated rings. The molecule has 42 heavy (non-hydrogen) atoms. The molecule has 8 nitrogen and oxygen atoms in total. The summed E-state index contributed by atoms with van der Waals surface area (Å²) in [6.45, 7) is 5.09. The van der Waals surface area contributed by atoms with Gasteiger partial charge in [-0.2, -0.15) is 4.99 Å². The number of nitrogens with one attached hydrogen (secondary N) is 1. The van der Waals surface area contributed by atoms with Crippen molar-refractivity contribution in [2.45, 2.75) is 26.1 Å². The van der Waals surface area contributed by atoms with Gasteiger partial charge in [0.2, 0.25) is 0 Å². The van der Waals surface area contributed by atoms with Gasteiger partial charge < -0.3 is 15.0 Å². The molecule has 0 bridgehead atoms. The van der Waals surface area contributed by atoms with E-state index in [0.29, 0.717) is 22.6 Å². The molecule has 0 radical (unpaired) electrons. The van der Waals surface area contributed by atoms with Crippen LogP contribution in [0.15, 0.2) is 90.3 Å². The summed E-state index contributed by atoms with van der Waals surface area (Å²) in [5, 5.41) is 7.79. The molecule has 2 amide bonds. The molecule has 0 saturated carbocycles. The molecule has 0 aliphatic carbocycles. The van der Waals surface area contributed by atoms with Crippen LogP contribution < -0.4 is 15.0 Å². The second-order valence-electron chi connectivity index (χ2n) is 9.57. The molecule has 3 aromatic carbocycles. The predicted molar refractivity (Wildman–Crippen MR) is 159 cm³/mol. The van der Waals surface area contributed by atoms with Crippen molar-refractivity contribution in [1.82, 2.24) is 20.1 Å². The molecule has 5 rings (SSSR count). The molecule has 2 heterocycles. The Morgan fingerprint density at radius 2 is 1.81 bits per heavy atom. The number of urea groups is 1. The number of amides is 2. The van der Waals surface area contributed by atoms with Crippen molar-refractivity contribution in [1.29, 1.82) is 0 Å². The number of alkyl halides is 3. The fourth-order valence-corrected chi connectivity index (χ4v) is 5.28. The number of hydrogen-bond donors (Lipinski definition) is 1. The number of amidine groups is 1. The molecule has 1 aromatic heterocycles. The number of nitrogens with zero attached hydrogens (tertiary/aromatic N) is 5. The van der Waals surface area contributed by atoms with E-state index in [0.717, 1.165) is 29.1 Å². The summed E-state index contributed by atoms with van der Waals surface area (Å²) in [6.07, 6.45) is 0.0317. The molecule has 4 aromatic rings. The number of thioether (sulfide) groups is 1. The minimum Gasteiger partial charge on any atom is -0.406 e. The summed E-state index contributed by atoms with van der Waals surface area (Å²) in [4.78, 5) is 23.2. The third-order valence-electron chi connectivity index (χ3n) is 6.30. The van der Waals surface area contributed by atoms with Crippen LogP contribution in [0.3, 0.4) is 0 Å². The van der Waals surface area contributed by atoms with Crippen LogP contribution in [0.25, 0.3) is 23.2 Å². The van der Waals surface area contributed by atoms with E-state index in [-0.39, 0.29) is 5.75 Å². The number of rotatable bonds is 7. The second kappa shape index (κ2) is 12.5. The first-order chi connectivity index (χ1) is 20.2. The lowest BCUT2D eigenvalue weighted by molar-refractivity contribution is -0.274. The Morgan fingerprint density at radius 1 is 1.07 bits per heavy atom.